The van der Waals surface area contributed by atoms with E-state index in [4.69, 9.17) is 0 Å². The second-order valence-corrected chi connectivity index (χ2v) is 6.78. The standard InChI is InChI=1S/C13H14N2O2S2/c16-15(17)13-4-9(8-18-13)6-14-7-11-5-10-2-1-3-12(10)19-11/h4-5,8,14H,1-3,6-7H2. The average molecular weight is 294 g/mol. The van der Waals surface area contributed by atoms with E-state index in [1.165, 1.54) is 41.0 Å². The SMILES string of the molecule is O=[N+]([O-])c1cc(CNCc2cc3c(s2)CCC3)cs1. The lowest BCUT2D eigenvalue weighted by Crippen LogP contribution is -2.11. The van der Waals surface area contributed by atoms with Gasteiger partial charge >= 0.3 is 5.00 Å². The van der Waals surface area contributed by atoms with Crippen LogP contribution >= 0.6 is 22.7 Å². The van der Waals surface area contributed by atoms with Crippen molar-refractivity contribution in [1.82, 2.24) is 5.32 Å². The van der Waals surface area contributed by atoms with Crippen molar-refractivity contribution in [2.24, 2.45) is 0 Å². The summed E-state index contributed by atoms with van der Waals surface area (Å²) in [7, 11) is 0. The molecule has 0 saturated heterocycles. The highest BCUT2D eigenvalue weighted by Crippen LogP contribution is 2.30. The van der Waals surface area contributed by atoms with Gasteiger partial charge in [0.05, 0.1) is 4.92 Å². The summed E-state index contributed by atoms with van der Waals surface area (Å²) in [5.74, 6) is 0. The first-order valence-corrected chi connectivity index (χ1v) is 7.95. The molecule has 0 fully saturated rings. The second-order valence-electron chi connectivity index (χ2n) is 4.67. The van der Waals surface area contributed by atoms with Gasteiger partial charge in [0.2, 0.25) is 0 Å². The third-order valence-electron chi connectivity index (χ3n) is 3.25. The Morgan fingerprint density at radius 1 is 1.32 bits per heavy atom. The molecule has 0 radical (unpaired) electrons. The topological polar surface area (TPSA) is 55.2 Å². The van der Waals surface area contributed by atoms with Crippen molar-refractivity contribution in [2.45, 2.75) is 32.4 Å². The monoisotopic (exact) mass is 294 g/mol. The van der Waals surface area contributed by atoms with Crippen molar-refractivity contribution < 1.29 is 4.92 Å². The zero-order valence-corrected chi connectivity index (χ0v) is 12.0. The molecule has 0 amide bonds. The number of hydrogen-bond donors (Lipinski definition) is 1. The van der Waals surface area contributed by atoms with Crippen LogP contribution in [-0.2, 0) is 25.9 Å². The van der Waals surface area contributed by atoms with Crippen LogP contribution < -0.4 is 5.32 Å². The maximum atomic E-state index is 10.6. The minimum atomic E-state index is -0.335. The maximum Gasteiger partial charge on any atom is 0.324 e. The molecular weight excluding hydrogens is 280 g/mol. The Hall–Kier alpha value is -1.24. The molecule has 19 heavy (non-hydrogen) atoms. The summed E-state index contributed by atoms with van der Waals surface area (Å²) in [5.41, 5.74) is 2.51. The smallest absolute Gasteiger partial charge is 0.308 e. The third-order valence-corrected chi connectivity index (χ3v) is 5.41. The van der Waals surface area contributed by atoms with Crippen molar-refractivity contribution in [1.29, 1.82) is 0 Å². The minimum absolute atomic E-state index is 0.215. The van der Waals surface area contributed by atoms with E-state index in [0.717, 1.165) is 12.1 Å². The Bertz CT molecular complexity index is 582. The molecule has 2 heterocycles. The molecule has 2 aromatic heterocycles. The van der Waals surface area contributed by atoms with Gasteiger partial charge < -0.3 is 5.32 Å². The molecule has 1 aliphatic rings. The average Bonchev–Trinajstić information content (AvgIpc) is 3.02. The van der Waals surface area contributed by atoms with Crippen molar-refractivity contribution in [2.75, 3.05) is 0 Å². The van der Waals surface area contributed by atoms with E-state index in [9.17, 15) is 10.1 Å². The number of hydrogen-bond acceptors (Lipinski definition) is 5. The number of aryl methyl sites for hydroxylation is 2. The van der Waals surface area contributed by atoms with Crippen molar-refractivity contribution >= 4 is 27.7 Å². The molecule has 4 nitrogen and oxygen atoms in total. The Kier molecular flexibility index (Phi) is 3.63. The zero-order chi connectivity index (χ0) is 13.2. The number of rotatable bonds is 5. The molecule has 0 spiro atoms. The lowest BCUT2D eigenvalue weighted by Gasteiger charge is -2.00. The summed E-state index contributed by atoms with van der Waals surface area (Å²) in [6, 6.07) is 3.95. The summed E-state index contributed by atoms with van der Waals surface area (Å²) >= 11 is 3.09. The van der Waals surface area contributed by atoms with Crippen LogP contribution in [0.15, 0.2) is 17.5 Å². The minimum Gasteiger partial charge on any atom is -0.308 e. The Labute approximate surface area is 119 Å². The van der Waals surface area contributed by atoms with Crippen LogP contribution in [-0.4, -0.2) is 4.92 Å². The van der Waals surface area contributed by atoms with Gasteiger partial charge in [0.1, 0.15) is 0 Å². The fourth-order valence-electron chi connectivity index (χ4n) is 2.36. The first kappa shape index (κ1) is 12.8. The number of nitrogens with zero attached hydrogens (tertiary/aromatic N) is 1. The van der Waals surface area contributed by atoms with Gasteiger partial charge in [-0.05, 0) is 36.5 Å². The lowest BCUT2D eigenvalue weighted by atomic mass is 10.2. The highest BCUT2D eigenvalue weighted by Gasteiger charge is 2.14. The van der Waals surface area contributed by atoms with Crippen molar-refractivity contribution in [3.63, 3.8) is 0 Å². The molecule has 0 saturated carbocycles. The van der Waals surface area contributed by atoms with E-state index in [2.05, 4.69) is 11.4 Å². The van der Waals surface area contributed by atoms with Gasteiger partial charge in [-0.25, -0.2) is 0 Å². The fourth-order valence-corrected chi connectivity index (χ4v) is 4.32. The second kappa shape index (κ2) is 5.40. The van der Waals surface area contributed by atoms with Crippen LogP contribution in [0.25, 0.3) is 0 Å². The van der Waals surface area contributed by atoms with E-state index >= 15 is 0 Å². The van der Waals surface area contributed by atoms with E-state index in [1.54, 1.807) is 10.9 Å². The molecule has 0 atom stereocenters. The largest absolute Gasteiger partial charge is 0.324 e. The Morgan fingerprint density at radius 3 is 2.95 bits per heavy atom. The normalized spacial score (nSPS) is 13.7. The van der Waals surface area contributed by atoms with Crippen LogP contribution in [0.3, 0.4) is 0 Å². The molecule has 3 rings (SSSR count). The van der Waals surface area contributed by atoms with Crippen LogP contribution in [0.5, 0.6) is 0 Å². The number of nitrogens with one attached hydrogen (secondary N) is 1. The molecule has 100 valence electrons. The summed E-state index contributed by atoms with van der Waals surface area (Å²) in [6.45, 7) is 1.54. The van der Waals surface area contributed by atoms with E-state index in [0.29, 0.717) is 6.54 Å². The Balaban J connectivity index is 1.53. The van der Waals surface area contributed by atoms with Gasteiger partial charge in [0.15, 0.2) is 0 Å². The quantitative estimate of drug-likeness (QED) is 0.678. The Morgan fingerprint density at radius 2 is 2.21 bits per heavy atom. The maximum absolute atomic E-state index is 10.6. The molecule has 1 N–H and O–H groups in total. The fraction of sp³-hybridized carbons (Fsp3) is 0.385. The van der Waals surface area contributed by atoms with Crippen LogP contribution in [0.4, 0.5) is 5.00 Å². The molecule has 1 aliphatic carbocycles. The van der Waals surface area contributed by atoms with Gasteiger partial charge in [0.25, 0.3) is 0 Å². The molecule has 6 heteroatoms. The number of nitro groups is 1. The first-order chi connectivity index (χ1) is 9.22. The van der Waals surface area contributed by atoms with E-state index in [-0.39, 0.29) is 9.92 Å². The molecule has 0 aromatic carbocycles. The number of fused-ring (bicyclic) bond motifs is 1. The van der Waals surface area contributed by atoms with Gasteiger partial charge in [-0.1, -0.05) is 11.3 Å². The van der Waals surface area contributed by atoms with Crippen LogP contribution in [0, 0.1) is 10.1 Å². The predicted octanol–water partition coefficient (Wildman–Crippen LogP) is 3.50. The summed E-state index contributed by atoms with van der Waals surface area (Å²) < 4.78 is 0. The molecule has 2 aromatic rings. The summed E-state index contributed by atoms with van der Waals surface area (Å²) in [5, 5.41) is 16.0. The molecule has 0 aliphatic heterocycles. The van der Waals surface area contributed by atoms with Crippen molar-refractivity contribution in [3.05, 3.63) is 48.5 Å². The molecule has 0 bridgehead atoms. The van der Waals surface area contributed by atoms with Gasteiger partial charge in [-0.15, -0.1) is 11.3 Å². The zero-order valence-electron chi connectivity index (χ0n) is 10.3. The van der Waals surface area contributed by atoms with E-state index < -0.39 is 0 Å². The lowest BCUT2D eigenvalue weighted by molar-refractivity contribution is -0.380. The summed E-state index contributed by atoms with van der Waals surface area (Å²) in [6.07, 6.45) is 3.76. The number of thiophene rings is 2. The highest BCUT2D eigenvalue weighted by molar-refractivity contribution is 7.13. The van der Waals surface area contributed by atoms with Crippen LogP contribution in [0.1, 0.15) is 27.3 Å². The molecular formula is C13H14N2O2S2. The highest BCUT2D eigenvalue weighted by atomic mass is 32.1. The van der Waals surface area contributed by atoms with E-state index in [1.807, 2.05) is 16.7 Å². The van der Waals surface area contributed by atoms with Gasteiger partial charge in [-0.3, -0.25) is 10.1 Å². The van der Waals surface area contributed by atoms with Gasteiger partial charge in [-0.2, -0.15) is 0 Å². The first-order valence-electron chi connectivity index (χ1n) is 6.25. The third kappa shape index (κ3) is 2.86. The van der Waals surface area contributed by atoms with Crippen LogP contribution in [0.2, 0.25) is 0 Å². The predicted molar refractivity (Wildman–Crippen MR) is 77.9 cm³/mol. The molecule has 0 unspecified atom stereocenters. The van der Waals surface area contributed by atoms with Crippen molar-refractivity contribution in [3.8, 4) is 0 Å². The van der Waals surface area contributed by atoms with Gasteiger partial charge in [0, 0.05) is 34.3 Å². The summed E-state index contributed by atoms with van der Waals surface area (Å²) in [4.78, 5) is 13.2.